The third kappa shape index (κ3) is 2.11. The topological polar surface area (TPSA) is 39.6 Å². The Hall–Kier alpha value is -2.18. The second kappa shape index (κ2) is 4.83. The Morgan fingerprint density at radius 1 is 1.05 bits per heavy atom. The highest BCUT2D eigenvalue weighted by atomic mass is 32.2. The number of H-pyrrole nitrogens is 1. The van der Waals surface area contributed by atoms with Gasteiger partial charge < -0.3 is 4.98 Å². The van der Waals surface area contributed by atoms with Gasteiger partial charge in [0.25, 0.3) is 0 Å². The fourth-order valence-electron chi connectivity index (χ4n) is 2.19. The van der Waals surface area contributed by atoms with Crippen LogP contribution in [0.1, 0.15) is 5.56 Å². The zero-order chi connectivity index (χ0) is 13.2. The number of fused-ring (bicyclic) bond motifs is 1. The van der Waals surface area contributed by atoms with Gasteiger partial charge in [0.05, 0.1) is 10.6 Å². The Kier molecular flexibility index (Phi) is 3.02. The van der Waals surface area contributed by atoms with Crippen LogP contribution in [0.2, 0.25) is 0 Å². The summed E-state index contributed by atoms with van der Waals surface area (Å²) in [6, 6.07) is 18.7. The zero-order valence-corrected chi connectivity index (χ0v) is 11.3. The highest BCUT2D eigenvalue weighted by molar-refractivity contribution is 7.98. The first-order chi connectivity index (χ1) is 9.31. The Balaban J connectivity index is 2.14. The van der Waals surface area contributed by atoms with E-state index in [2.05, 4.69) is 41.4 Å². The normalized spacial score (nSPS) is 10.5. The number of benzene rings is 2. The van der Waals surface area contributed by atoms with Gasteiger partial charge in [0.2, 0.25) is 0 Å². The molecule has 19 heavy (non-hydrogen) atoms. The molecule has 0 saturated heterocycles. The fraction of sp³-hybridized carbons (Fsp3) is 0.0625. The minimum Gasteiger partial charge on any atom is -0.349 e. The summed E-state index contributed by atoms with van der Waals surface area (Å²) in [7, 11) is 0. The van der Waals surface area contributed by atoms with Gasteiger partial charge in [-0.25, -0.2) is 0 Å². The highest BCUT2D eigenvalue weighted by Crippen LogP contribution is 2.28. The van der Waals surface area contributed by atoms with E-state index in [0.717, 1.165) is 16.3 Å². The third-order valence-electron chi connectivity index (χ3n) is 3.17. The average Bonchev–Trinajstić information content (AvgIpc) is 2.90. The van der Waals surface area contributed by atoms with Crippen LogP contribution in [0, 0.1) is 11.3 Å². The predicted molar refractivity (Wildman–Crippen MR) is 80.2 cm³/mol. The van der Waals surface area contributed by atoms with Gasteiger partial charge in [0, 0.05) is 5.69 Å². The van der Waals surface area contributed by atoms with Crippen molar-refractivity contribution < 1.29 is 0 Å². The van der Waals surface area contributed by atoms with E-state index in [1.807, 2.05) is 24.5 Å². The van der Waals surface area contributed by atoms with Gasteiger partial charge in [0.1, 0.15) is 6.07 Å². The largest absolute Gasteiger partial charge is 0.349 e. The average molecular weight is 264 g/mol. The van der Waals surface area contributed by atoms with E-state index in [1.54, 1.807) is 11.8 Å². The maximum absolute atomic E-state index is 9.10. The summed E-state index contributed by atoms with van der Waals surface area (Å²) in [6.45, 7) is 0. The molecule has 1 N–H and O–H groups in total. The first-order valence-corrected chi connectivity index (χ1v) is 7.20. The minimum atomic E-state index is 0.704. The summed E-state index contributed by atoms with van der Waals surface area (Å²) in [4.78, 5) is 3.30. The number of nitriles is 1. The number of aromatic nitrogens is 1. The molecule has 2 nitrogen and oxygen atoms in total. The van der Waals surface area contributed by atoms with E-state index in [0.29, 0.717) is 5.56 Å². The summed E-state index contributed by atoms with van der Waals surface area (Å²) >= 11 is 1.56. The lowest BCUT2D eigenvalue weighted by Gasteiger charge is -2.01. The number of rotatable bonds is 2. The molecule has 92 valence electrons. The lowest BCUT2D eigenvalue weighted by molar-refractivity contribution is 1.19. The molecule has 3 rings (SSSR count). The molecule has 0 amide bonds. The van der Waals surface area contributed by atoms with E-state index in [-0.39, 0.29) is 0 Å². The number of aromatic amines is 1. The summed E-state index contributed by atoms with van der Waals surface area (Å²) in [6.07, 6.45) is 1.97. The zero-order valence-electron chi connectivity index (χ0n) is 10.5. The number of hydrogen-bond donors (Lipinski definition) is 1. The van der Waals surface area contributed by atoms with Crippen LogP contribution in [0.25, 0.3) is 22.0 Å². The standard InChI is InChI=1S/C16H12N2S/c1-19-16-14(10-17)9-15(18-16)13-7-6-11-4-2-3-5-12(11)8-13/h2-9,18H,1H3. The van der Waals surface area contributed by atoms with Crippen molar-refractivity contribution in [1.29, 1.82) is 5.26 Å². The van der Waals surface area contributed by atoms with Gasteiger partial charge in [-0.1, -0.05) is 36.4 Å². The second-order valence-electron chi connectivity index (χ2n) is 4.30. The fourth-order valence-corrected chi connectivity index (χ4v) is 2.73. The second-order valence-corrected chi connectivity index (χ2v) is 5.12. The molecule has 0 radical (unpaired) electrons. The molecule has 0 aliphatic rings. The van der Waals surface area contributed by atoms with E-state index in [4.69, 9.17) is 5.26 Å². The van der Waals surface area contributed by atoms with Crippen molar-refractivity contribution in [2.45, 2.75) is 5.03 Å². The molecule has 0 saturated carbocycles. The lowest BCUT2D eigenvalue weighted by Crippen LogP contribution is -1.79. The molecule has 2 aromatic carbocycles. The number of nitrogens with zero attached hydrogens (tertiary/aromatic N) is 1. The van der Waals surface area contributed by atoms with Gasteiger partial charge in [-0.05, 0) is 34.7 Å². The van der Waals surface area contributed by atoms with E-state index < -0.39 is 0 Å². The molecule has 0 unspecified atom stereocenters. The molecule has 0 spiro atoms. The SMILES string of the molecule is CSc1[nH]c(-c2ccc3ccccc3c2)cc1C#N. The van der Waals surface area contributed by atoms with Gasteiger partial charge in [-0.2, -0.15) is 5.26 Å². The molecule has 0 aliphatic heterocycles. The monoisotopic (exact) mass is 264 g/mol. The number of nitrogens with one attached hydrogen (secondary N) is 1. The van der Waals surface area contributed by atoms with Gasteiger partial charge in [0.15, 0.2) is 0 Å². The van der Waals surface area contributed by atoms with Crippen LogP contribution in [0.4, 0.5) is 0 Å². The lowest BCUT2D eigenvalue weighted by atomic mass is 10.1. The van der Waals surface area contributed by atoms with Crippen LogP contribution in [-0.4, -0.2) is 11.2 Å². The van der Waals surface area contributed by atoms with Crippen molar-refractivity contribution >= 4 is 22.5 Å². The Labute approximate surface area is 116 Å². The molecular weight excluding hydrogens is 252 g/mol. The van der Waals surface area contributed by atoms with Crippen LogP contribution in [0.15, 0.2) is 53.6 Å². The molecule has 0 aliphatic carbocycles. The Morgan fingerprint density at radius 3 is 2.53 bits per heavy atom. The van der Waals surface area contributed by atoms with Crippen LogP contribution in [0.3, 0.4) is 0 Å². The molecule has 3 heteroatoms. The van der Waals surface area contributed by atoms with Crippen molar-refractivity contribution in [2.24, 2.45) is 0 Å². The maximum Gasteiger partial charge on any atom is 0.102 e. The summed E-state index contributed by atoms with van der Waals surface area (Å²) < 4.78 is 0. The number of hydrogen-bond acceptors (Lipinski definition) is 2. The molecule has 1 aromatic heterocycles. The first kappa shape index (κ1) is 11.9. The predicted octanol–water partition coefficient (Wildman–Crippen LogP) is 4.43. The van der Waals surface area contributed by atoms with Gasteiger partial charge in [-0.3, -0.25) is 0 Å². The van der Waals surface area contributed by atoms with Crippen LogP contribution < -0.4 is 0 Å². The quantitative estimate of drug-likeness (QED) is 0.695. The molecule has 0 bridgehead atoms. The van der Waals surface area contributed by atoms with Crippen molar-refractivity contribution in [3.8, 4) is 17.3 Å². The molecule has 0 fully saturated rings. The smallest absolute Gasteiger partial charge is 0.102 e. The summed E-state index contributed by atoms with van der Waals surface area (Å²) in [5.41, 5.74) is 2.80. The summed E-state index contributed by atoms with van der Waals surface area (Å²) in [5, 5.41) is 12.5. The van der Waals surface area contributed by atoms with Crippen LogP contribution in [-0.2, 0) is 0 Å². The highest BCUT2D eigenvalue weighted by Gasteiger charge is 2.08. The van der Waals surface area contributed by atoms with Crippen molar-refractivity contribution in [1.82, 2.24) is 4.98 Å². The molecular formula is C16H12N2S. The maximum atomic E-state index is 9.10. The minimum absolute atomic E-state index is 0.704. The van der Waals surface area contributed by atoms with E-state index >= 15 is 0 Å². The van der Waals surface area contributed by atoms with Crippen molar-refractivity contribution in [2.75, 3.05) is 6.26 Å². The van der Waals surface area contributed by atoms with E-state index in [9.17, 15) is 0 Å². The van der Waals surface area contributed by atoms with Gasteiger partial charge in [-0.15, -0.1) is 11.8 Å². The third-order valence-corrected chi connectivity index (χ3v) is 3.90. The van der Waals surface area contributed by atoms with Crippen molar-refractivity contribution in [3.63, 3.8) is 0 Å². The number of thioether (sulfide) groups is 1. The van der Waals surface area contributed by atoms with Crippen LogP contribution in [0.5, 0.6) is 0 Å². The molecule has 3 aromatic rings. The summed E-state index contributed by atoms with van der Waals surface area (Å²) in [5.74, 6) is 0. The molecule has 0 atom stereocenters. The van der Waals surface area contributed by atoms with Gasteiger partial charge >= 0.3 is 0 Å². The Bertz CT molecular complexity index is 781. The van der Waals surface area contributed by atoms with Crippen molar-refractivity contribution in [3.05, 3.63) is 54.1 Å². The Morgan fingerprint density at radius 2 is 1.84 bits per heavy atom. The first-order valence-electron chi connectivity index (χ1n) is 5.98. The van der Waals surface area contributed by atoms with Crippen LogP contribution >= 0.6 is 11.8 Å². The molecule has 1 heterocycles. The van der Waals surface area contributed by atoms with E-state index in [1.165, 1.54) is 10.8 Å².